The Hall–Kier alpha value is -0.850. The zero-order valence-electron chi connectivity index (χ0n) is 12.3. The van der Waals surface area contributed by atoms with Crippen LogP contribution in [0.2, 0.25) is 10.0 Å². The maximum Gasteiger partial charge on any atom is 0.238 e. The monoisotopic (exact) mass is 333 g/mol. The number of nitrogens with zero attached hydrogens (tertiary/aromatic N) is 1. The summed E-state index contributed by atoms with van der Waals surface area (Å²) in [5, 5.41) is 6.52. The van der Waals surface area contributed by atoms with Gasteiger partial charge in [-0.15, -0.1) is 0 Å². The lowest BCUT2D eigenvalue weighted by molar-refractivity contribution is -0.115. The first-order chi connectivity index (χ1) is 10.0. The third-order valence-corrected chi connectivity index (χ3v) is 3.25. The molecular weight excluding hydrogens is 313 g/mol. The molecule has 5 nitrogen and oxygen atoms in total. The van der Waals surface area contributed by atoms with Crippen LogP contribution in [0.15, 0.2) is 18.2 Å². The average molecular weight is 334 g/mol. The van der Waals surface area contributed by atoms with Crippen molar-refractivity contribution in [1.82, 2.24) is 10.2 Å². The summed E-state index contributed by atoms with van der Waals surface area (Å²) in [7, 11) is 3.98. The Bertz CT molecular complexity index is 436. The van der Waals surface area contributed by atoms with E-state index in [0.29, 0.717) is 35.5 Å². The second-order valence-corrected chi connectivity index (χ2v) is 5.55. The van der Waals surface area contributed by atoms with Crippen LogP contribution in [0, 0.1) is 0 Å². The van der Waals surface area contributed by atoms with E-state index in [1.807, 2.05) is 19.0 Å². The molecule has 0 fully saturated rings. The van der Waals surface area contributed by atoms with Gasteiger partial charge in [0.05, 0.1) is 35.5 Å². The van der Waals surface area contributed by atoms with Crippen LogP contribution in [0.5, 0.6) is 0 Å². The van der Waals surface area contributed by atoms with Crippen molar-refractivity contribution in [3.63, 3.8) is 0 Å². The van der Waals surface area contributed by atoms with Crippen molar-refractivity contribution in [1.29, 1.82) is 0 Å². The van der Waals surface area contributed by atoms with Crippen molar-refractivity contribution in [3.05, 3.63) is 28.2 Å². The number of anilines is 1. The summed E-state index contributed by atoms with van der Waals surface area (Å²) in [6, 6.07) is 5.08. The number of benzene rings is 1. The quantitative estimate of drug-likeness (QED) is 0.679. The number of amides is 1. The van der Waals surface area contributed by atoms with E-state index in [1.165, 1.54) is 0 Å². The van der Waals surface area contributed by atoms with Gasteiger partial charge in [-0.25, -0.2) is 0 Å². The van der Waals surface area contributed by atoms with E-state index in [4.69, 9.17) is 27.9 Å². The number of ether oxygens (including phenoxy) is 1. The maximum atomic E-state index is 11.8. The van der Waals surface area contributed by atoms with Crippen LogP contribution in [0.1, 0.15) is 0 Å². The average Bonchev–Trinajstić information content (AvgIpc) is 2.41. The molecule has 0 aliphatic heterocycles. The molecule has 0 saturated heterocycles. The van der Waals surface area contributed by atoms with Crippen molar-refractivity contribution in [2.75, 3.05) is 52.3 Å². The molecule has 2 N–H and O–H groups in total. The first kappa shape index (κ1) is 18.2. The minimum absolute atomic E-state index is 0.179. The van der Waals surface area contributed by atoms with Crippen molar-refractivity contribution in [2.24, 2.45) is 0 Å². The summed E-state index contributed by atoms with van der Waals surface area (Å²) in [6.45, 7) is 2.91. The van der Waals surface area contributed by atoms with Gasteiger partial charge in [0.15, 0.2) is 0 Å². The molecule has 1 aromatic carbocycles. The zero-order valence-corrected chi connectivity index (χ0v) is 13.8. The van der Waals surface area contributed by atoms with E-state index < -0.39 is 0 Å². The Morgan fingerprint density at radius 1 is 1.24 bits per heavy atom. The number of carbonyl (C=O) groups is 1. The predicted molar refractivity (Wildman–Crippen MR) is 87.3 cm³/mol. The van der Waals surface area contributed by atoms with Crippen molar-refractivity contribution >= 4 is 34.8 Å². The number of hydrogen-bond donors (Lipinski definition) is 2. The largest absolute Gasteiger partial charge is 0.379 e. The van der Waals surface area contributed by atoms with E-state index in [9.17, 15) is 4.79 Å². The van der Waals surface area contributed by atoms with E-state index in [2.05, 4.69) is 10.6 Å². The first-order valence-corrected chi connectivity index (χ1v) is 7.43. The standard InChI is InChI=1S/C14H21Cl2N3O2/c1-19(2)7-9-21-8-6-17-10-13(20)18-14-11(15)4-3-5-12(14)16/h3-5,17H,6-10H2,1-2H3,(H,18,20). The number of rotatable bonds is 9. The normalized spacial score (nSPS) is 10.9. The molecule has 0 aliphatic rings. The molecule has 0 radical (unpaired) electrons. The molecular formula is C14H21Cl2N3O2. The summed E-state index contributed by atoms with van der Waals surface area (Å²) < 4.78 is 5.40. The van der Waals surface area contributed by atoms with E-state index in [0.717, 1.165) is 6.54 Å². The highest BCUT2D eigenvalue weighted by Crippen LogP contribution is 2.29. The van der Waals surface area contributed by atoms with Crippen molar-refractivity contribution < 1.29 is 9.53 Å². The molecule has 21 heavy (non-hydrogen) atoms. The third-order valence-electron chi connectivity index (χ3n) is 2.62. The third kappa shape index (κ3) is 7.64. The van der Waals surface area contributed by atoms with Gasteiger partial charge in [-0.1, -0.05) is 29.3 Å². The Morgan fingerprint density at radius 3 is 2.52 bits per heavy atom. The van der Waals surface area contributed by atoms with Crippen molar-refractivity contribution in [3.8, 4) is 0 Å². The fourth-order valence-corrected chi connectivity index (χ4v) is 1.99. The molecule has 0 aliphatic carbocycles. The molecule has 1 amide bonds. The molecule has 0 bridgehead atoms. The van der Waals surface area contributed by atoms with Crippen LogP contribution in [0.4, 0.5) is 5.69 Å². The van der Waals surface area contributed by atoms with Gasteiger partial charge < -0.3 is 20.3 Å². The van der Waals surface area contributed by atoms with Crippen molar-refractivity contribution in [2.45, 2.75) is 0 Å². The first-order valence-electron chi connectivity index (χ1n) is 6.67. The van der Waals surface area contributed by atoms with Crippen LogP contribution in [-0.2, 0) is 9.53 Å². The molecule has 0 saturated carbocycles. The zero-order chi connectivity index (χ0) is 15.7. The smallest absolute Gasteiger partial charge is 0.238 e. The van der Waals surface area contributed by atoms with E-state index in [-0.39, 0.29) is 12.5 Å². The minimum Gasteiger partial charge on any atom is -0.379 e. The lowest BCUT2D eigenvalue weighted by Crippen LogP contribution is -2.31. The lowest BCUT2D eigenvalue weighted by Gasteiger charge is -2.11. The second kappa shape index (κ2) is 9.97. The number of hydrogen-bond acceptors (Lipinski definition) is 4. The Labute approximate surface area is 135 Å². The molecule has 1 rings (SSSR count). The lowest BCUT2D eigenvalue weighted by atomic mass is 10.3. The van der Waals surface area contributed by atoms with Crippen LogP contribution in [0.25, 0.3) is 0 Å². The summed E-state index contributed by atoms with van der Waals surface area (Å²) in [6.07, 6.45) is 0. The predicted octanol–water partition coefficient (Wildman–Crippen LogP) is 2.10. The van der Waals surface area contributed by atoms with Gasteiger partial charge in [-0.05, 0) is 26.2 Å². The van der Waals surface area contributed by atoms with Crippen LogP contribution >= 0.6 is 23.2 Å². The van der Waals surface area contributed by atoms with Gasteiger partial charge >= 0.3 is 0 Å². The summed E-state index contributed by atoms with van der Waals surface area (Å²) in [4.78, 5) is 13.8. The summed E-state index contributed by atoms with van der Waals surface area (Å²) in [5.41, 5.74) is 0.440. The number of likely N-dealkylation sites (N-methyl/N-ethyl adjacent to an activating group) is 1. The number of para-hydroxylation sites is 1. The Balaban J connectivity index is 2.17. The number of nitrogens with one attached hydrogen (secondary N) is 2. The summed E-state index contributed by atoms with van der Waals surface area (Å²) >= 11 is 11.9. The van der Waals surface area contributed by atoms with Gasteiger partial charge in [0.1, 0.15) is 0 Å². The molecule has 0 heterocycles. The molecule has 7 heteroatoms. The fourth-order valence-electron chi connectivity index (χ4n) is 1.50. The van der Waals surface area contributed by atoms with Gasteiger partial charge in [0.25, 0.3) is 0 Å². The molecule has 0 aromatic heterocycles. The maximum absolute atomic E-state index is 11.8. The van der Waals surface area contributed by atoms with Gasteiger partial charge in [-0.2, -0.15) is 0 Å². The van der Waals surface area contributed by atoms with Crippen LogP contribution in [-0.4, -0.2) is 57.8 Å². The molecule has 0 spiro atoms. The molecule has 0 atom stereocenters. The minimum atomic E-state index is -0.196. The van der Waals surface area contributed by atoms with Crippen LogP contribution in [0.3, 0.4) is 0 Å². The van der Waals surface area contributed by atoms with Gasteiger partial charge in [-0.3, -0.25) is 4.79 Å². The topological polar surface area (TPSA) is 53.6 Å². The SMILES string of the molecule is CN(C)CCOCCNCC(=O)Nc1c(Cl)cccc1Cl. The van der Waals surface area contributed by atoms with E-state index >= 15 is 0 Å². The Kier molecular flexibility index (Phi) is 8.64. The molecule has 118 valence electrons. The second-order valence-electron chi connectivity index (χ2n) is 4.74. The highest BCUT2D eigenvalue weighted by atomic mass is 35.5. The number of halogens is 2. The highest BCUT2D eigenvalue weighted by molar-refractivity contribution is 6.39. The van der Waals surface area contributed by atoms with Crippen LogP contribution < -0.4 is 10.6 Å². The van der Waals surface area contributed by atoms with Gasteiger partial charge in [0.2, 0.25) is 5.91 Å². The highest BCUT2D eigenvalue weighted by Gasteiger charge is 2.08. The molecule has 1 aromatic rings. The Morgan fingerprint density at radius 2 is 1.90 bits per heavy atom. The van der Waals surface area contributed by atoms with E-state index in [1.54, 1.807) is 18.2 Å². The number of carbonyl (C=O) groups excluding carboxylic acids is 1. The summed E-state index contributed by atoms with van der Waals surface area (Å²) in [5.74, 6) is -0.196. The van der Waals surface area contributed by atoms with Gasteiger partial charge in [0, 0.05) is 13.1 Å². The molecule has 0 unspecified atom stereocenters. The fraction of sp³-hybridized carbons (Fsp3) is 0.500.